The zero-order valence-corrected chi connectivity index (χ0v) is 6.79. The topological polar surface area (TPSA) is 90.2 Å². The Morgan fingerprint density at radius 3 is 2.17 bits per heavy atom. The summed E-state index contributed by atoms with van der Waals surface area (Å²) in [4.78, 5) is 0. The third-order valence-corrected chi connectivity index (χ3v) is 2.10. The minimum absolute atomic E-state index is 0.0730. The molecule has 1 rings (SSSR count). The Morgan fingerprint density at radius 1 is 1.00 bits per heavy atom. The van der Waals surface area contributed by atoms with E-state index < -0.39 is 30.5 Å². The van der Waals surface area contributed by atoms with Gasteiger partial charge in [0.1, 0.15) is 24.4 Å². The van der Waals surface area contributed by atoms with Crippen molar-refractivity contribution in [2.75, 3.05) is 6.61 Å². The molecule has 0 amide bonds. The molecule has 0 aromatic heterocycles. The molecule has 0 unspecified atom stereocenters. The van der Waals surface area contributed by atoms with Crippen LogP contribution in [0.5, 0.6) is 0 Å². The highest BCUT2D eigenvalue weighted by Crippen LogP contribution is 2.15. The number of hydrogen-bond acceptors (Lipinski definition) is 5. The summed E-state index contributed by atoms with van der Waals surface area (Å²) in [6.45, 7) is 1.50. The fourth-order valence-corrected chi connectivity index (χ4v) is 1.15. The van der Waals surface area contributed by atoms with Gasteiger partial charge in [-0.25, -0.2) is 0 Å². The molecule has 0 saturated carbocycles. The lowest BCUT2D eigenvalue weighted by Gasteiger charge is -2.22. The van der Waals surface area contributed by atoms with E-state index in [1.165, 1.54) is 0 Å². The summed E-state index contributed by atoms with van der Waals surface area (Å²) in [5, 5.41) is 36.8. The first-order chi connectivity index (χ1) is 5.54. The van der Waals surface area contributed by atoms with Crippen LogP contribution in [0.3, 0.4) is 0 Å². The number of hydrogen-bond donors (Lipinski definition) is 4. The normalized spacial score (nSPS) is 50.2. The highest BCUT2D eigenvalue weighted by molar-refractivity contribution is 4.87. The second-order valence-electron chi connectivity index (χ2n) is 3.08. The Labute approximate surface area is 70.2 Å². The molecule has 1 aliphatic rings. The van der Waals surface area contributed by atoms with Crippen molar-refractivity contribution in [1.82, 2.24) is 0 Å². The van der Waals surface area contributed by atoms with Gasteiger partial charge in [0.05, 0.1) is 12.7 Å². The molecule has 72 valence electrons. The van der Waals surface area contributed by atoms with E-state index in [0.717, 1.165) is 0 Å². The summed E-state index contributed by atoms with van der Waals surface area (Å²) in [5.74, 6) is 0. The van der Waals surface area contributed by atoms with E-state index in [2.05, 4.69) is 0 Å². The fourth-order valence-electron chi connectivity index (χ4n) is 1.15. The summed E-state index contributed by atoms with van der Waals surface area (Å²) in [7, 11) is 0. The van der Waals surface area contributed by atoms with E-state index in [4.69, 9.17) is 9.84 Å². The maximum Gasteiger partial charge on any atom is 0.111 e. The molecule has 0 aromatic carbocycles. The average molecular weight is 178 g/mol. The van der Waals surface area contributed by atoms with E-state index in [1.54, 1.807) is 6.92 Å². The van der Waals surface area contributed by atoms with Gasteiger partial charge in [0.25, 0.3) is 0 Å². The van der Waals surface area contributed by atoms with Crippen molar-refractivity contribution in [3.63, 3.8) is 0 Å². The van der Waals surface area contributed by atoms with Crippen LogP contribution in [0, 0.1) is 0 Å². The number of ether oxygens (including phenoxy) is 1. The molecule has 1 saturated heterocycles. The van der Waals surface area contributed by atoms with E-state index in [1.807, 2.05) is 0 Å². The van der Waals surface area contributed by atoms with Crippen LogP contribution < -0.4 is 0 Å². The molecule has 4 N–H and O–H groups in total. The lowest BCUT2D eigenvalue weighted by Crippen LogP contribution is -2.45. The fraction of sp³-hybridized carbons (Fsp3) is 1.00. The first-order valence-electron chi connectivity index (χ1n) is 3.88. The Morgan fingerprint density at radius 2 is 1.58 bits per heavy atom. The quantitative estimate of drug-likeness (QED) is 0.339. The highest BCUT2D eigenvalue weighted by atomic mass is 16.5. The summed E-state index contributed by atoms with van der Waals surface area (Å²) < 4.78 is 4.95. The summed E-state index contributed by atoms with van der Waals surface area (Å²) >= 11 is 0. The molecular formula is C7H14O5. The van der Waals surface area contributed by atoms with Gasteiger partial charge >= 0.3 is 0 Å². The predicted molar refractivity (Wildman–Crippen MR) is 39.4 cm³/mol. The molecule has 5 heteroatoms. The molecule has 0 bridgehead atoms. The molecule has 1 aliphatic heterocycles. The second-order valence-corrected chi connectivity index (χ2v) is 3.08. The average Bonchev–Trinajstić information content (AvgIpc) is 2.14. The standard InChI is InChI=1S/C7H14O5/c1-3-5(9)7(11)6(10)4(8)2-12-3/h3-11H,2H2,1H3/t3-,4-,5-,6-,7-/m1/s1. The van der Waals surface area contributed by atoms with Crippen molar-refractivity contribution in [2.45, 2.75) is 37.4 Å². The highest BCUT2D eigenvalue weighted by Gasteiger charge is 2.37. The van der Waals surface area contributed by atoms with Crippen LogP contribution in [0.15, 0.2) is 0 Å². The van der Waals surface area contributed by atoms with Gasteiger partial charge in [-0.3, -0.25) is 0 Å². The van der Waals surface area contributed by atoms with Crippen LogP contribution >= 0.6 is 0 Å². The maximum absolute atomic E-state index is 9.27. The van der Waals surface area contributed by atoms with E-state index >= 15 is 0 Å². The van der Waals surface area contributed by atoms with E-state index in [-0.39, 0.29) is 6.61 Å². The zero-order chi connectivity index (χ0) is 9.30. The minimum Gasteiger partial charge on any atom is -0.388 e. The van der Waals surface area contributed by atoms with Crippen molar-refractivity contribution < 1.29 is 25.2 Å². The largest absolute Gasteiger partial charge is 0.388 e. The van der Waals surface area contributed by atoms with Gasteiger partial charge in [0, 0.05) is 0 Å². The Balaban J connectivity index is 2.68. The monoisotopic (exact) mass is 178 g/mol. The van der Waals surface area contributed by atoms with E-state index in [9.17, 15) is 15.3 Å². The summed E-state index contributed by atoms with van der Waals surface area (Å²) in [5.41, 5.74) is 0. The first-order valence-corrected chi connectivity index (χ1v) is 3.88. The second kappa shape index (κ2) is 3.68. The van der Waals surface area contributed by atoms with Gasteiger partial charge in [-0.2, -0.15) is 0 Å². The number of aliphatic hydroxyl groups excluding tert-OH is 4. The first kappa shape index (κ1) is 9.88. The lowest BCUT2D eigenvalue weighted by molar-refractivity contribution is -0.0978. The Bertz CT molecular complexity index is 135. The van der Waals surface area contributed by atoms with Gasteiger partial charge in [-0.05, 0) is 6.92 Å². The van der Waals surface area contributed by atoms with Crippen LogP contribution in [0.2, 0.25) is 0 Å². The van der Waals surface area contributed by atoms with Crippen molar-refractivity contribution in [2.24, 2.45) is 0 Å². The Hall–Kier alpha value is -0.200. The van der Waals surface area contributed by atoms with Crippen LogP contribution in [-0.4, -0.2) is 57.6 Å². The number of aliphatic hydroxyl groups is 4. The van der Waals surface area contributed by atoms with Crippen molar-refractivity contribution in [3.05, 3.63) is 0 Å². The van der Waals surface area contributed by atoms with Crippen LogP contribution in [0.1, 0.15) is 6.92 Å². The Kier molecular flexibility index (Phi) is 3.03. The maximum atomic E-state index is 9.27. The molecule has 12 heavy (non-hydrogen) atoms. The molecule has 0 radical (unpaired) electrons. The van der Waals surface area contributed by atoms with Gasteiger partial charge in [-0.15, -0.1) is 0 Å². The van der Waals surface area contributed by atoms with Gasteiger partial charge in [-0.1, -0.05) is 0 Å². The molecule has 0 spiro atoms. The van der Waals surface area contributed by atoms with Crippen LogP contribution in [0.25, 0.3) is 0 Å². The SMILES string of the molecule is C[C@H]1OC[C@@H](O)[C@@H](O)[C@H](O)[C@@H]1O. The number of rotatable bonds is 0. The van der Waals surface area contributed by atoms with Gasteiger partial charge in [0.2, 0.25) is 0 Å². The summed E-state index contributed by atoms with van der Waals surface area (Å²) in [6.07, 6.45) is -5.56. The molecule has 1 heterocycles. The van der Waals surface area contributed by atoms with Crippen molar-refractivity contribution in [1.29, 1.82) is 0 Å². The van der Waals surface area contributed by atoms with E-state index in [0.29, 0.717) is 0 Å². The third kappa shape index (κ3) is 1.75. The van der Waals surface area contributed by atoms with Gasteiger partial charge in [0.15, 0.2) is 0 Å². The summed E-state index contributed by atoms with van der Waals surface area (Å²) in [6, 6.07) is 0. The third-order valence-electron chi connectivity index (χ3n) is 2.10. The lowest BCUT2D eigenvalue weighted by atomic mass is 10.0. The molecule has 1 fully saturated rings. The predicted octanol–water partition coefficient (Wildman–Crippen LogP) is -2.15. The smallest absolute Gasteiger partial charge is 0.111 e. The molecule has 0 aromatic rings. The molecular weight excluding hydrogens is 164 g/mol. The zero-order valence-electron chi connectivity index (χ0n) is 6.79. The van der Waals surface area contributed by atoms with Crippen LogP contribution in [-0.2, 0) is 4.74 Å². The van der Waals surface area contributed by atoms with Crippen LogP contribution in [0.4, 0.5) is 0 Å². The van der Waals surface area contributed by atoms with Crippen molar-refractivity contribution in [3.8, 4) is 0 Å². The molecule has 0 aliphatic carbocycles. The van der Waals surface area contributed by atoms with Gasteiger partial charge < -0.3 is 25.2 Å². The molecule has 5 nitrogen and oxygen atoms in total. The minimum atomic E-state index is -1.35. The van der Waals surface area contributed by atoms with Crippen molar-refractivity contribution >= 4 is 0 Å². The molecule has 5 atom stereocenters.